The van der Waals surface area contributed by atoms with E-state index in [0.29, 0.717) is 19.5 Å². The van der Waals surface area contributed by atoms with Crippen molar-refractivity contribution in [1.82, 2.24) is 9.80 Å². The zero-order valence-electron chi connectivity index (χ0n) is 15.2. The van der Waals surface area contributed by atoms with Crippen LogP contribution >= 0.6 is 0 Å². The van der Waals surface area contributed by atoms with Crippen molar-refractivity contribution in [3.05, 3.63) is 29.8 Å². The second-order valence-corrected chi connectivity index (χ2v) is 6.77. The van der Waals surface area contributed by atoms with E-state index in [9.17, 15) is 9.59 Å². The molecule has 2 N–H and O–H groups in total. The van der Waals surface area contributed by atoms with Gasteiger partial charge < -0.3 is 15.3 Å². The van der Waals surface area contributed by atoms with Gasteiger partial charge in [0.1, 0.15) is 0 Å². The SMILES string of the molecule is Cc1ccccc1NCCC(=O)N1CCCC(N(C)CC(=O)O)CC1. The molecule has 0 aromatic heterocycles. The third kappa shape index (κ3) is 6.05. The summed E-state index contributed by atoms with van der Waals surface area (Å²) in [7, 11) is 1.85. The smallest absolute Gasteiger partial charge is 0.317 e. The van der Waals surface area contributed by atoms with Gasteiger partial charge in [-0.1, -0.05) is 18.2 Å². The van der Waals surface area contributed by atoms with Gasteiger partial charge in [-0.25, -0.2) is 0 Å². The van der Waals surface area contributed by atoms with E-state index in [0.717, 1.165) is 31.5 Å². The second kappa shape index (κ2) is 9.42. The summed E-state index contributed by atoms with van der Waals surface area (Å²) in [4.78, 5) is 27.1. The number of carbonyl (C=O) groups excluding carboxylic acids is 1. The van der Waals surface area contributed by atoms with Gasteiger partial charge in [-0.3, -0.25) is 14.5 Å². The Morgan fingerprint density at radius 2 is 2.04 bits per heavy atom. The Balaban J connectivity index is 1.76. The Bertz CT molecular complexity index is 591. The Hall–Kier alpha value is -2.08. The molecular weight excluding hydrogens is 318 g/mol. The molecule has 25 heavy (non-hydrogen) atoms. The summed E-state index contributed by atoms with van der Waals surface area (Å²) in [5.41, 5.74) is 2.25. The summed E-state index contributed by atoms with van der Waals surface area (Å²) < 4.78 is 0. The van der Waals surface area contributed by atoms with Gasteiger partial charge in [-0.05, 0) is 44.9 Å². The third-order valence-corrected chi connectivity index (χ3v) is 4.86. The zero-order valence-corrected chi connectivity index (χ0v) is 15.2. The minimum Gasteiger partial charge on any atom is -0.480 e. The largest absolute Gasteiger partial charge is 0.480 e. The molecule has 1 aromatic rings. The van der Waals surface area contributed by atoms with Gasteiger partial charge in [0.25, 0.3) is 0 Å². The number of aryl methyl sites for hydroxylation is 1. The summed E-state index contributed by atoms with van der Waals surface area (Å²) in [6.07, 6.45) is 3.17. The van der Waals surface area contributed by atoms with Gasteiger partial charge >= 0.3 is 5.97 Å². The Labute approximate surface area is 149 Å². The molecule has 1 amide bonds. The van der Waals surface area contributed by atoms with E-state index < -0.39 is 5.97 Å². The monoisotopic (exact) mass is 347 g/mol. The summed E-state index contributed by atoms with van der Waals surface area (Å²) in [6, 6.07) is 8.29. The Morgan fingerprint density at radius 1 is 1.28 bits per heavy atom. The van der Waals surface area contributed by atoms with Crippen molar-refractivity contribution in [3.63, 3.8) is 0 Å². The number of hydrogen-bond donors (Lipinski definition) is 2. The maximum atomic E-state index is 12.5. The van der Waals surface area contributed by atoms with Crippen LogP contribution in [0.3, 0.4) is 0 Å². The van der Waals surface area contributed by atoms with Gasteiger partial charge in [0.05, 0.1) is 6.54 Å². The van der Waals surface area contributed by atoms with E-state index in [1.807, 2.05) is 48.0 Å². The quantitative estimate of drug-likeness (QED) is 0.791. The van der Waals surface area contributed by atoms with Crippen molar-refractivity contribution in [2.24, 2.45) is 0 Å². The Kier molecular flexibility index (Phi) is 7.25. The standard InChI is InChI=1S/C19H29N3O3/c1-15-6-3-4-8-17(15)20-11-9-18(23)22-12-5-7-16(10-13-22)21(2)14-19(24)25/h3-4,6,8,16,20H,5,7,9-14H2,1-2H3,(H,24,25). The fourth-order valence-corrected chi connectivity index (χ4v) is 3.34. The highest BCUT2D eigenvalue weighted by Crippen LogP contribution is 2.17. The fourth-order valence-electron chi connectivity index (χ4n) is 3.34. The molecule has 1 atom stereocenters. The van der Waals surface area contributed by atoms with E-state index in [4.69, 9.17) is 5.11 Å². The number of benzene rings is 1. The number of nitrogens with zero attached hydrogens (tertiary/aromatic N) is 2. The van der Waals surface area contributed by atoms with Crippen LogP contribution in [0.4, 0.5) is 5.69 Å². The van der Waals surface area contributed by atoms with E-state index in [-0.39, 0.29) is 18.5 Å². The highest BCUT2D eigenvalue weighted by Gasteiger charge is 2.23. The van der Waals surface area contributed by atoms with Crippen LogP contribution in [0.5, 0.6) is 0 Å². The van der Waals surface area contributed by atoms with Crippen LogP contribution in [0.15, 0.2) is 24.3 Å². The lowest BCUT2D eigenvalue weighted by Gasteiger charge is -2.25. The van der Waals surface area contributed by atoms with E-state index >= 15 is 0 Å². The van der Waals surface area contributed by atoms with Crippen LogP contribution in [0.25, 0.3) is 0 Å². The first-order chi connectivity index (χ1) is 12.0. The molecule has 1 unspecified atom stereocenters. The fraction of sp³-hybridized carbons (Fsp3) is 0.579. The number of carbonyl (C=O) groups is 2. The minimum atomic E-state index is -0.804. The summed E-state index contributed by atoms with van der Waals surface area (Å²) in [6.45, 7) is 4.20. The maximum Gasteiger partial charge on any atom is 0.317 e. The number of para-hydroxylation sites is 1. The maximum absolute atomic E-state index is 12.5. The lowest BCUT2D eigenvalue weighted by atomic mass is 10.1. The van der Waals surface area contributed by atoms with Crippen molar-refractivity contribution < 1.29 is 14.7 Å². The van der Waals surface area contributed by atoms with Gasteiger partial charge in [0.2, 0.25) is 5.91 Å². The van der Waals surface area contributed by atoms with Gasteiger partial charge in [0, 0.05) is 37.8 Å². The number of likely N-dealkylation sites (N-methyl/N-ethyl adjacent to an activating group) is 1. The number of rotatable bonds is 7. The first-order valence-electron chi connectivity index (χ1n) is 8.96. The number of hydrogen-bond acceptors (Lipinski definition) is 4. The van der Waals surface area contributed by atoms with Gasteiger partial charge in [-0.15, -0.1) is 0 Å². The van der Waals surface area contributed by atoms with Gasteiger partial charge in [-0.2, -0.15) is 0 Å². The molecule has 1 saturated heterocycles. The molecular formula is C19H29N3O3. The Morgan fingerprint density at radius 3 is 2.76 bits per heavy atom. The van der Waals surface area contributed by atoms with Crippen LogP contribution in [-0.2, 0) is 9.59 Å². The number of carboxylic acids is 1. The molecule has 0 aliphatic carbocycles. The molecule has 1 fully saturated rings. The predicted octanol–water partition coefficient (Wildman–Crippen LogP) is 2.19. The number of nitrogens with one attached hydrogen (secondary N) is 1. The molecule has 1 aliphatic heterocycles. The van der Waals surface area contributed by atoms with Crippen LogP contribution in [0.1, 0.15) is 31.2 Å². The lowest BCUT2D eigenvalue weighted by molar-refractivity contribution is -0.138. The number of anilines is 1. The minimum absolute atomic E-state index is 0.0545. The van der Waals surface area contributed by atoms with Crippen molar-refractivity contribution in [3.8, 4) is 0 Å². The molecule has 1 heterocycles. The molecule has 6 heteroatoms. The molecule has 138 valence electrons. The topological polar surface area (TPSA) is 72.9 Å². The van der Waals surface area contributed by atoms with E-state index in [1.165, 1.54) is 5.56 Å². The molecule has 1 aliphatic rings. The highest BCUT2D eigenvalue weighted by molar-refractivity contribution is 5.76. The third-order valence-electron chi connectivity index (χ3n) is 4.86. The molecule has 6 nitrogen and oxygen atoms in total. The molecule has 0 saturated carbocycles. The van der Waals surface area contributed by atoms with Crippen molar-refractivity contribution in [2.45, 2.75) is 38.6 Å². The summed E-state index contributed by atoms with van der Waals surface area (Å²) in [5, 5.41) is 12.2. The van der Waals surface area contributed by atoms with Crippen LogP contribution in [0, 0.1) is 6.92 Å². The normalized spacial score (nSPS) is 18.0. The molecule has 1 aromatic carbocycles. The highest BCUT2D eigenvalue weighted by atomic mass is 16.4. The predicted molar refractivity (Wildman–Crippen MR) is 98.8 cm³/mol. The van der Waals surface area contributed by atoms with Crippen molar-refractivity contribution in [1.29, 1.82) is 0 Å². The number of carboxylic acid groups (broad SMARTS) is 1. The molecule has 0 bridgehead atoms. The first-order valence-corrected chi connectivity index (χ1v) is 8.96. The molecule has 0 spiro atoms. The lowest BCUT2D eigenvalue weighted by Crippen LogP contribution is -2.37. The first kappa shape index (κ1) is 19.2. The second-order valence-electron chi connectivity index (χ2n) is 6.77. The molecule has 2 rings (SSSR count). The number of amides is 1. The zero-order chi connectivity index (χ0) is 18.2. The van der Waals surface area contributed by atoms with Crippen molar-refractivity contribution in [2.75, 3.05) is 38.5 Å². The summed E-state index contributed by atoms with van der Waals surface area (Å²) >= 11 is 0. The average molecular weight is 347 g/mol. The van der Waals surface area contributed by atoms with Crippen LogP contribution in [-0.4, -0.2) is 66.1 Å². The molecule has 0 radical (unpaired) electrons. The summed E-state index contributed by atoms with van der Waals surface area (Å²) in [5.74, 6) is -0.635. The number of aliphatic carboxylic acids is 1. The van der Waals surface area contributed by atoms with E-state index in [2.05, 4.69) is 5.32 Å². The van der Waals surface area contributed by atoms with Gasteiger partial charge in [0.15, 0.2) is 0 Å². The van der Waals surface area contributed by atoms with Crippen LogP contribution in [0.2, 0.25) is 0 Å². The number of likely N-dealkylation sites (tertiary alicyclic amines) is 1. The van der Waals surface area contributed by atoms with Crippen molar-refractivity contribution >= 4 is 17.6 Å². The van der Waals surface area contributed by atoms with E-state index in [1.54, 1.807) is 0 Å². The van der Waals surface area contributed by atoms with Crippen LogP contribution < -0.4 is 5.32 Å². The average Bonchev–Trinajstić information content (AvgIpc) is 2.82.